The molecule has 0 fully saturated rings. The van der Waals surface area contributed by atoms with Crippen LogP contribution in [0.1, 0.15) is 58.4 Å². The highest BCUT2D eigenvalue weighted by atomic mass is 16.5. The van der Waals surface area contributed by atoms with Crippen molar-refractivity contribution >= 4 is 23.0 Å². The van der Waals surface area contributed by atoms with Gasteiger partial charge in [-0.1, -0.05) is 6.07 Å². The number of aromatic nitrogens is 2. The highest BCUT2D eigenvalue weighted by molar-refractivity contribution is 6.14. The Labute approximate surface area is 212 Å². The van der Waals surface area contributed by atoms with Gasteiger partial charge in [0, 0.05) is 48.4 Å². The molecule has 1 N–H and O–H groups in total. The number of rotatable bonds is 8. The molecule has 3 aromatic heterocycles. The summed E-state index contributed by atoms with van der Waals surface area (Å²) in [6, 6.07) is 16.6. The number of aryl methyl sites for hydroxylation is 2. The molecule has 4 aromatic rings. The minimum absolute atomic E-state index is 0.0912. The van der Waals surface area contributed by atoms with Crippen molar-refractivity contribution in [1.82, 2.24) is 9.38 Å². The molecule has 0 atom stereocenters. The number of pyridine rings is 2. The van der Waals surface area contributed by atoms with Crippen LogP contribution in [0.4, 0.5) is 5.69 Å². The van der Waals surface area contributed by atoms with Gasteiger partial charge in [-0.3, -0.25) is 9.78 Å². The van der Waals surface area contributed by atoms with Crippen LogP contribution in [-0.4, -0.2) is 45.9 Å². The van der Waals surface area contributed by atoms with Crippen molar-refractivity contribution in [2.75, 3.05) is 24.6 Å². The molecule has 0 aliphatic rings. The molecular formula is C29H33N3O4. The van der Waals surface area contributed by atoms with Crippen LogP contribution in [0.15, 0.2) is 67.0 Å². The smallest absolute Gasteiger partial charge is 0.338 e. The lowest BCUT2D eigenvalue weighted by molar-refractivity contribution is 0.0692. The number of anilines is 1. The zero-order valence-corrected chi connectivity index (χ0v) is 21.5. The molecule has 0 aliphatic carbocycles. The fourth-order valence-corrected chi connectivity index (χ4v) is 4.04. The second kappa shape index (κ2) is 12.0. The number of hydrogen-bond acceptors (Lipinski definition) is 5. The van der Waals surface area contributed by atoms with Crippen LogP contribution in [0.2, 0.25) is 0 Å². The van der Waals surface area contributed by atoms with E-state index in [2.05, 4.69) is 72.4 Å². The topological polar surface area (TPSA) is 84.1 Å². The van der Waals surface area contributed by atoms with Gasteiger partial charge < -0.3 is 19.1 Å². The summed E-state index contributed by atoms with van der Waals surface area (Å²) >= 11 is 0. The zero-order chi connectivity index (χ0) is 26.2. The van der Waals surface area contributed by atoms with E-state index >= 15 is 0 Å². The Bertz CT molecular complexity index is 1360. The Morgan fingerprint density at radius 2 is 1.72 bits per heavy atom. The molecule has 0 spiro atoms. The van der Waals surface area contributed by atoms with E-state index in [0.717, 1.165) is 18.8 Å². The highest BCUT2D eigenvalue weighted by Crippen LogP contribution is 2.28. The highest BCUT2D eigenvalue weighted by Gasteiger charge is 2.22. The minimum atomic E-state index is -1.19. The summed E-state index contributed by atoms with van der Waals surface area (Å²) in [6.45, 7) is 12.3. The van der Waals surface area contributed by atoms with E-state index in [1.54, 1.807) is 6.07 Å². The molecular weight excluding hydrogens is 454 g/mol. The summed E-state index contributed by atoms with van der Waals surface area (Å²) in [5, 5.41) is 9.28. The summed E-state index contributed by atoms with van der Waals surface area (Å²) in [7, 11) is 0. The molecule has 7 nitrogen and oxygen atoms in total. The van der Waals surface area contributed by atoms with Gasteiger partial charge in [-0.05, 0) is 82.6 Å². The average molecular weight is 488 g/mol. The number of carbonyl (C=O) groups excluding carboxylic acids is 1. The van der Waals surface area contributed by atoms with Crippen LogP contribution in [0.5, 0.6) is 5.75 Å². The Morgan fingerprint density at radius 3 is 2.36 bits per heavy atom. The lowest BCUT2D eigenvalue weighted by Gasteiger charge is -2.22. The molecule has 1 aromatic carbocycles. The van der Waals surface area contributed by atoms with Crippen LogP contribution < -0.4 is 9.64 Å². The summed E-state index contributed by atoms with van der Waals surface area (Å²) in [4.78, 5) is 30.3. The van der Waals surface area contributed by atoms with Gasteiger partial charge in [-0.25, -0.2) is 4.79 Å². The number of fused-ring (bicyclic) bond motifs is 1. The fraction of sp³-hybridized carbons (Fsp3) is 0.276. The number of ether oxygens (including phenoxy) is 1. The van der Waals surface area contributed by atoms with Crippen molar-refractivity contribution < 1.29 is 19.4 Å². The fourth-order valence-electron chi connectivity index (χ4n) is 4.04. The molecule has 3 heterocycles. The number of ketones is 1. The maximum atomic E-state index is 12.9. The van der Waals surface area contributed by atoms with Gasteiger partial charge >= 0.3 is 5.97 Å². The monoisotopic (exact) mass is 487 g/mol. The lowest BCUT2D eigenvalue weighted by Crippen LogP contribution is -2.22. The van der Waals surface area contributed by atoms with Crippen molar-refractivity contribution in [2.24, 2.45) is 0 Å². The van der Waals surface area contributed by atoms with Gasteiger partial charge in [0.25, 0.3) is 0 Å². The molecule has 7 heteroatoms. The molecule has 0 radical (unpaired) electrons. The Kier molecular flexibility index (Phi) is 8.84. The molecule has 0 saturated carbocycles. The molecule has 0 saturated heterocycles. The number of aromatic carboxylic acids is 1. The average Bonchev–Trinajstić information content (AvgIpc) is 3.18. The third kappa shape index (κ3) is 5.74. The summed E-state index contributed by atoms with van der Waals surface area (Å²) in [5.41, 5.74) is 5.01. The summed E-state index contributed by atoms with van der Waals surface area (Å²) in [5.74, 6) is -1.22. The third-order valence-corrected chi connectivity index (χ3v) is 6.08. The van der Waals surface area contributed by atoms with Gasteiger partial charge in [-0.15, -0.1) is 0 Å². The van der Waals surface area contributed by atoms with Gasteiger partial charge in [0.2, 0.25) is 5.78 Å². The third-order valence-electron chi connectivity index (χ3n) is 6.08. The van der Waals surface area contributed by atoms with Crippen LogP contribution in [-0.2, 0) is 0 Å². The lowest BCUT2D eigenvalue weighted by atomic mass is 10.0. The van der Waals surface area contributed by atoms with Gasteiger partial charge in [0.05, 0.1) is 17.7 Å². The first-order chi connectivity index (χ1) is 17.3. The van der Waals surface area contributed by atoms with Crippen LogP contribution in [0.3, 0.4) is 0 Å². The van der Waals surface area contributed by atoms with Crippen LogP contribution >= 0.6 is 0 Å². The van der Waals surface area contributed by atoms with Crippen molar-refractivity contribution in [2.45, 2.75) is 34.6 Å². The predicted molar refractivity (Wildman–Crippen MR) is 143 cm³/mol. The SMILES string of the molecule is CCOc1cc(N(CC)CC)ccc1C(=O)c1ncccc1C(=O)O.Cc1cc2ccccn2c1C. The maximum Gasteiger partial charge on any atom is 0.338 e. The van der Waals surface area contributed by atoms with E-state index in [0.29, 0.717) is 17.9 Å². The molecule has 0 aliphatic heterocycles. The Balaban J connectivity index is 0.000000270. The van der Waals surface area contributed by atoms with Crippen molar-refractivity contribution in [3.63, 3.8) is 0 Å². The maximum absolute atomic E-state index is 12.9. The van der Waals surface area contributed by atoms with Gasteiger partial charge in [0.15, 0.2) is 0 Å². The zero-order valence-electron chi connectivity index (χ0n) is 21.5. The first kappa shape index (κ1) is 26.5. The largest absolute Gasteiger partial charge is 0.493 e. The van der Waals surface area contributed by atoms with E-state index < -0.39 is 11.8 Å². The minimum Gasteiger partial charge on any atom is -0.493 e. The number of nitrogens with zero attached hydrogens (tertiary/aromatic N) is 3. The predicted octanol–water partition coefficient (Wildman–Crippen LogP) is 5.81. The van der Waals surface area contributed by atoms with E-state index in [9.17, 15) is 14.7 Å². The number of carbonyl (C=O) groups is 2. The van der Waals surface area contributed by atoms with Crippen molar-refractivity contribution in [1.29, 1.82) is 0 Å². The van der Waals surface area contributed by atoms with Crippen LogP contribution in [0, 0.1) is 13.8 Å². The van der Waals surface area contributed by atoms with E-state index in [4.69, 9.17) is 4.74 Å². The normalized spacial score (nSPS) is 10.5. The molecule has 36 heavy (non-hydrogen) atoms. The quantitative estimate of drug-likeness (QED) is 0.316. The number of carboxylic acid groups (broad SMARTS) is 1. The number of benzene rings is 1. The first-order valence-corrected chi connectivity index (χ1v) is 12.1. The summed E-state index contributed by atoms with van der Waals surface area (Å²) in [6.07, 6.45) is 3.50. The Hall–Kier alpha value is -4.13. The standard InChI is InChI=1S/C19H22N2O4.C10H11N/c1-4-21(5-2)13-9-10-14(16(12-13)25-6-3)18(22)17-15(19(23)24)8-7-11-20-17;1-8-7-10-5-3-4-6-11(10)9(8)2/h7-12H,4-6H2,1-3H3,(H,23,24);3-7H,1-2H3. The van der Waals surface area contributed by atoms with Gasteiger partial charge in [0.1, 0.15) is 11.4 Å². The molecule has 0 unspecified atom stereocenters. The molecule has 0 bridgehead atoms. The molecule has 0 amide bonds. The first-order valence-electron chi connectivity index (χ1n) is 12.1. The van der Waals surface area contributed by atoms with Gasteiger partial charge in [-0.2, -0.15) is 0 Å². The second-order valence-electron chi connectivity index (χ2n) is 8.23. The van der Waals surface area contributed by atoms with Crippen molar-refractivity contribution in [3.05, 3.63) is 95.1 Å². The van der Waals surface area contributed by atoms with E-state index in [-0.39, 0.29) is 11.3 Å². The van der Waals surface area contributed by atoms with Crippen LogP contribution in [0.25, 0.3) is 5.52 Å². The molecule has 4 rings (SSSR count). The summed E-state index contributed by atoms with van der Waals surface area (Å²) < 4.78 is 7.84. The van der Waals surface area contributed by atoms with Crippen molar-refractivity contribution in [3.8, 4) is 5.75 Å². The van der Waals surface area contributed by atoms with E-state index in [1.165, 1.54) is 35.1 Å². The second-order valence-corrected chi connectivity index (χ2v) is 8.23. The molecule has 188 valence electrons. The number of carboxylic acids is 1. The Morgan fingerprint density at radius 1 is 0.972 bits per heavy atom. The number of hydrogen-bond donors (Lipinski definition) is 1. The van der Waals surface area contributed by atoms with E-state index in [1.807, 2.05) is 19.1 Å².